The number of hydrogen-bond acceptors (Lipinski definition) is 2. The summed E-state index contributed by atoms with van der Waals surface area (Å²) in [6.45, 7) is 0.793. The van der Waals surface area contributed by atoms with Gasteiger partial charge in [-0.15, -0.1) is 0 Å². The molecule has 0 bridgehead atoms. The lowest BCUT2D eigenvalue weighted by Gasteiger charge is -2.34. The van der Waals surface area contributed by atoms with Crippen molar-refractivity contribution in [2.75, 3.05) is 6.54 Å². The number of nitrogens with zero attached hydrogens (tertiary/aromatic N) is 1. The van der Waals surface area contributed by atoms with Crippen molar-refractivity contribution in [3.63, 3.8) is 0 Å². The maximum Gasteiger partial charge on any atom is 0.222 e. The molecule has 2 atom stereocenters. The van der Waals surface area contributed by atoms with Crippen LogP contribution in [0.1, 0.15) is 25.7 Å². The van der Waals surface area contributed by atoms with Gasteiger partial charge < -0.3 is 4.90 Å². The number of carbonyl (C=O) groups is 2. The molecule has 1 aliphatic carbocycles. The summed E-state index contributed by atoms with van der Waals surface area (Å²) >= 11 is 0. The first-order valence-corrected chi connectivity index (χ1v) is 5.27. The Morgan fingerprint density at radius 3 is 3.00 bits per heavy atom. The molecular formula is C11H13NO2. The number of hydrogen-bond donors (Lipinski definition) is 0. The zero-order valence-electron chi connectivity index (χ0n) is 8.03. The van der Waals surface area contributed by atoms with Gasteiger partial charge in [0.2, 0.25) is 5.91 Å². The minimum Gasteiger partial charge on any atom is -0.339 e. The number of allylic oxidation sites excluding steroid dienone is 1. The molecule has 2 fully saturated rings. The van der Waals surface area contributed by atoms with Gasteiger partial charge >= 0.3 is 0 Å². The van der Waals surface area contributed by atoms with Crippen molar-refractivity contribution >= 4 is 11.7 Å². The maximum absolute atomic E-state index is 11.5. The van der Waals surface area contributed by atoms with Crippen molar-refractivity contribution in [2.24, 2.45) is 5.92 Å². The van der Waals surface area contributed by atoms with Crippen molar-refractivity contribution in [2.45, 2.75) is 31.7 Å². The molecule has 0 saturated carbocycles. The van der Waals surface area contributed by atoms with Gasteiger partial charge in [-0.05, 0) is 18.9 Å². The van der Waals surface area contributed by atoms with E-state index in [0.717, 1.165) is 19.4 Å². The van der Waals surface area contributed by atoms with Crippen LogP contribution in [0.15, 0.2) is 11.6 Å². The van der Waals surface area contributed by atoms with Crippen molar-refractivity contribution in [1.29, 1.82) is 0 Å². The number of amides is 1. The minimum absolute atomic E-state index is 0.249. The Balaban J connectivity index is 1.87. The fraction of sp³-hybridized carbons (Fsp3) is 0.636. The number of rotatable bonds is 0. The second-order valence-electron chi connectivity index (χ2n) is 4.53. The Kier molecular flexibility index (Phi) is 1.58. The quantitative estimate of drug-likeness (QED) is 0.570. The molecule has 2 heterocycles. The van der Waals surface area contributed by atoms with Crippen LogP contribution in [-0.2, 0) is 9.59 Å². The normalized spacial score (nSPS) is 35.7. The van der Waals surface area contributed by atoms with Crippen molar-refractivity contribution < 1.29 is 9.59 Å². The molecule has 74 valence electrons. The minimum atomic E-state index is 0.249. The van der Waals surface area contributed by atoms with Gasteiger partial charge in [0, 0.05) is 31.3 Å². The summed E-state index contributed by atoms with van der Waals surface area (Å²) in [4.78, 5) is 24.7. The van der Waals surface area contributed by atoms with Gasteiger partial charge in [-0.3, -0.25) is 9.59 Å². The second-order valence-corrected chi connectivity index (χ2v) is 4.53. The molecule has 0 radical (unpaired) electrons. The van der Waals surface area contributed by atoms with E-state index in [0.29, 0.717) is 24.8 Å². The third kappa shape index (κ3) is 1.04. The fourth-order valence-electron chi connectivity index (χ4n) is 2.93. The summed E-state index contributed by atoms with van der Waals surface area (Å²) in [5.41, 5.74) is 1.30. The molecule has 0 aromatic carbocycles. The van der Waals surface area contributed by atoms with Gasteiger partial charge in [-0.2, -0.15) is 0 Å². The van der Waals surface area contributed by atoms with E-state index in [-0.39, 0.29) is 11.7 Å². The highest BCUT2D eigenvalue weighted by Gasteiger charge is 2.40. The summed E-state index contributed by atoms with van der Waals surface area (Å²) in [6, 6.07) is 0.399. The monoisotopic (exact) mass is 191 g/mol. The molecule has 3 rings (SSSR count). The van der Waals surface area contributed by atoms with Crippen LogP contribution in [0.4, 0.5) is 0 Å². The maximum atomic E-state index is 11.5. The molecule has 2 unspecified atom stereocenters. The number of ketones is 1. The van der Waals surface area contributed by atoms with Crippen LogP contribution in [0.3, 0.4) is 0 Å². The van der Waals surface area contributed by atoms with Crippen LogP contribution in [-0.4, -0.2) is 29.2 Å². The lowest BCUT2D eigenvalue weighted by Crippen LogP contribution is -2.41. The van der Waals surface area contributed by atoms with Crippen LogP contribution in [0.5, 0.6) is 0 Å². The van der Waals surface area contributed by atoms with Gasteiger partial charge in [0.15, 0.2) is 5.78 Å². The Labute approximate surface area is 82.8 Å². The highest BCUT2D eigenvalue weighted by molar-refractivity contribution is 5.94. The largest absolute Gasteiger partial charge is 0.339 e. The van der Waals surface area contributed by atoms with Crippen LogP contribution in [0.2, 0.25) is 0 Å². The Morgan fingerprint density at radius 1 is 1.29 bits per heavy atom. The molecule has 3 aliphatic rings. The molecule has 0 spiro atoms. The SMILES string of the molecule is O=C1C=C2CC3CCC(=O)N3CC2C1. The fourth-order valence-corrected chi connectivity index (χ4v) is 2.93. The van der Waals surface area contributed by atoms with Crippen LogP contribution in [0.25, 0.3) is 0 Å². The van der Waals surface area contributed by atoms with E-state index in [1.165, 1.54) is 5.57 Å². The van der Waals surface area contributed by atoms with E-state index < -0.39 is 0 Å². The molecule has 0 N–H and O–H groups in total. The Bertz CT molecular complexity index is 345. The zero-order chi connectivity index (χ0) is 9.71. The lowest BCUT2D eigenvalue weighted by molar-refractivity contribution is -0.130. The first-order chi connectivity index (χ1) is 6.74. The number of piperidine rings is 1. The smallest absolute Gasteiger partial charge is 0.222 e. The van der Waals surface area contributed by atoms with Gasteiger partial charge in [0.25, 0.3) is 0 Å². The van der Waals surface area contributed by atoms with Crippen molar-refractivity contribution in [3.8, 4) is 0 Å². The predicted molar refractivity (Wildman–Crippen MR) is 50.5 cm³/mol. The first kappa shape index (κ1) is 8.21. The third-order valence-corrected chi connectivity index (χ3v) is 3.66. The molecule has 3 nitrogen and oxygen atoms in total. The summed E-state index contributed by atoms with van der Waals surface area (Å²) in [5, 5.41) is 0. The topological polar surface area (TPSA) is 37.4 Å². The lowest BCUT2D eigenvalue weighted by atomic mass is 9.90. The van der Waals surface area contributed by atoms with Crippen LogP contribution >= 0.6 is 0 Å². The molecule has 3 heteroatoms. The molecule has 2 aliphatic heterocycles. The highest BCUT2D eigenvalue weighted by atomic mass is 16.2. The highest BCUT2D eigenvalue weighted by Crippen LogP contribution is 2.38. The van der Waals surface area contributed by atoms with E-state index in [1.54, 1.807) is 0 Å². The summed E-state index contributed by atoms with van der Waals surface area (Å²) in [6.07, 6.45) is 5.08. The summed E-state index contributed by atoms with van der Waals surface area (Å²) in [5.74, 6) is 0.882. The summed E-state index contributed by atoms with van der Waals surface area (Å²) < 4.78 is 0. The van der Waals surface area contributed by atoms with E-state index >= 15 is 0 Å². The average Bonchev–Trinajstić information content (AvgIpc) is 2.66. The average molecular weight is 191 g/mol. The van der Waals surface area contributed by atoms with Crippen molar-refractivity contribution in [3.05, 3.63) is 11.6 Å². The van der Waals surface area contributed by atoms with Gasteiger partial charge in [-0.25, -0.2) is 0 Å². The van der Waals surface area contributed by atoms with Crippen LogP contribution < -0.4 is 0 Å². The Morgan fingerprint density at radius 2 is 2.14 bits per heavy atom. The zero-order valence-corrected chi connectivity index (χ0v) is 8.03. The molecule has 0 aromatic rings. The van der Waals surface area contributed by atoms with Crippen molar-refractivity contribution in [1.82, 2.24) is 4.90 Å². The van der Waals surface area contributed by atoms with Gasteiger partial charge in [0.05, 0.1) is 0 Å². The Hall–Kier alpha value is -1.12. The molecule has 0 aromatic heterocycles. The number of fused-ring (bicyclic) bond motifs is 2. The van der Waals surface area contributed by atoms with Crippen LogP contribution in [0, 0.1) is 5.92 Å². The third-order valence-electron chi connectivity index (χ3n) is 3.66. The number of carbonyl (C=O) groups excluding carboxylic acids is 2. The van der Waals surface area contributed by atoms with Gasteiger partial charge in [-0.1, -0.05) is 5.57 Å². The molecular weight excluding hydrogens is 178 g/mol. The first-order valence-electron chi connectivity index (χ1n) is 5.27. The summed E-state index contributed by atoms with van der Waals surface area (Å²) in [7, 11) is 0. The van der Waals surface area contributed by atoms with E-state index in [1.807, 2.05) is 11.0 Å². The molecule has 14 heavy (non-hydrogen) atoms. The van der Waals surface area contributed by atoms with Gasteiger partial charge in [0.1, 0.15) is 0 Å². The molecule has 1 amide bonds. The van der Waals surface area contributed by atoms with E-state index in [4.69, 9.17) is 0 Å². The second kappa shape index (κ2) is 2.69. The van der Waals surface area contributed by atoms with E-state index in [2.05, 4.69) is 0 Å². The van der Waals surface area contributed by atoms with E-state index in [9.17, 15) is 9.59 Å². The molecule has 2 saturated heterocycles. The predicted octanol–water partition coefficient (Wildman–Crippen LogP) is 0.896. The standard InChI is InChI=1S/C11H13NO2/c13-10-4-7-3-9-1-2-11(14)12(9)6-8(7)5-10/h4,8-9H,1-3,5-6H2.